The maximum atomic E-state index is 12.3. The van der Waals surface area contributed by atoms with Crippen LogP contribution in [0.4, 0.5) is 0 Å². The second-order valence-electron chi connectivity index (χ2n) is 3.80. The topological polar surface area (TPSA) is 75.3 Å². The van der Waals surface area contributed by atoms with Crippen molar-refractivity contribution >= 4 is 42.5 Å². The largest absolute Gasteiger partial charge is 0.305 e. The van der Waals surface area contributed by atoms with Gasteiger partial charge in [-0.05, 0) is 16.9 Å². The molecule has 1 amide bonds. The van der Waals surface area contributed by atoms with Crippen LogP contribution >= 0.6 is 30.8 Å². The summed E-state index contributed by atoms with van der Waals surface area (Å²) in [6.45, 7) is 1.77. The Morgan fingerprint density at radius 3 is 2.63 bits per heavy atom. The number of rotatable bonds is 1. The summed E-state index contributed by atoms with van der Waals surface area (Å²) >= 11 is 2.94. The predicted molar refractivity (Wildman–Crippen MR) is 82.2 cm³/mol. The fourth-order valence-electron chi connectivity index (χ4n) is 1.22. The molecule has 0 saturated carbocycles. The van der Waals surface area contributed by atoms with Crippen LogP contribution in [0.5, 0.6) is 0 Å². The number of nitrogens with one attached hydrogen (secondary N) is 2. The molecule has 0 aromatic heterocycles. The molecule has 0 spiro atoms. The molecule has 1 rings (SSSR count). The lowest BCUT2D eigenvalue weighted by Gasteiger charge is -2.17. The lowest BCUT2D eigenvalue weighted by atomic mass is 10.3. The van der Waals surface area contributed by atoms with E-state index in [9.17, 15) is 14.2 Å². The first kappa shape index (κ1) is 16.6. The third-order valence-electron chi connectivity index (χ3n) is 2.41. The fourth-order valence-corrected chi connectivity index (χ4v) is 4.11. The summed E-state index contributed by atoms with van der Waals surface area (Å²) in [6, 6.07) is 0. The minimum atomic E-state index is -2.73. The molecule has 106 valence electrons. The SMILES string of the molecule is CCP1(=O)CCC(=O)C=CSCSC=CC(=O)NN1. The molecular formula is C11H17N2O3PS2. The van der Waals surface area contributed by atoms with Gasteiger partial charge in [0.2, 0.25) is 0 Å². The van der Waals surface area contributed by atoms with Crippen molar-refractivity contribution in [3.8, 4) is 0 Å². The van der Waals surface area contributed by atoms with E-state index in [4.69, 9.17) is 0 Å². The van der Waals surface area contributed by atoms with E-state index in [1.165, 1.54) is 35.7 Å². The van der Waals surface area contributed by atoms with Crippen molar-refractivity contribution in [3.63, 3.8) is 0 Å². The number of hydrazine groups is 1. The summed E-state index contributed by atoms with van der Waals surface area (Å²) in [5.74, 6) is -0.392. The molecule has 0 bridgehead atoms. The maximum absolute atomic E-state index is 12.3. The molecule has 0 fully saturated rings. The van der Waals surface area contributed by atoms with Crippen LogP contribution in [0.3, 0.4) is 0 Å². The molecule has 1 atom stereocenters. The van der Waals surface area contributed by atoms with Gasteiger partial charge in [-0.3, -0.25) is 15.0 Å². The number of allylic oxidation sites excluding steroid dienone is 1. The maximum Gasteiger partial charge on any atom is 0.258 e. The monoisotopic (exact) mass is 320 g/mol. The Hall–Kier alpha value is -0.490. The van der Waals surface area contributed by atoms with E-state index in [2.05, 4.69) is 10.6 Å². The quantitative estimate of drug-likeness (QED) is 0.722. The first-order chi connectivity index (χ1) is 9.06. The molecule has 1 aliphatic rings. The molecule has 0 aromatic rings. The highest BCUT2D eigenvalue weighted by molar-refractivity contribution is 8.18. The van der Waals surface area contributed by atoms with E-state index < -0.39 is 7.29 Å². The van der Waals surface area contributed by atoms with Crippen LogP contribution in [0.15, 0.2) is 23.0 Å². The van der Waals surface area contributed by atoms with Crippen LogP contribution in [0, 0.1) is 0 Å². The molecule has 2 N–H and O–H groups in total. The van der Waals surface area contributed by atoms with Gasteiger partial charge in [0.25, 0.3) is 5.91 Å². The van der Waals surface area contributed by atoms with Crippen molar-refractivity contribution < 1.29 is 14.2 Å². The number of thioether (sulfide) groups is 2. The van der Waals surface area contributed by atoms with Crippen molar-refractivity contribution in [2.24, 2.45) is 0 Å². The van der Waals surface area contributed by atoms with Crippen molar-refractivity contribution in [3.05, 3.63) is 23.0 Å². The zero-order valence-corrected chi connectivity index (χ0v) is 13.2. The van der Waals surface area contributed by atoms with Crippen molar-refractivity contribution in [2.45, 2.75) is 13.3 Å². The van der Waals surface area contributed by atoms with E-state index in [0.29, 0.717) is 6.16 Å². The highest BCUT2D eigenvalue weighted by Crippen LogP contribution is 2.40. The predicted octanol–water partition coefficient (Wildman–Crippen LogP) is 2.33. The number of amides is 1. The Bertz CT molecular complexity index is 404. The minimum absolute atomic E-state index is 0.0492. The van der Waals surface area contributed by atoms with Gasteiger partial charge >= 0.3 is 0 Å². The molecule has 0 saturated heterocycles. The van der Waals surface area contributed by atoms with Crippen molar-refractivity contribution in [1.29, 1.82) is 0 Å². The summed E-state index contributed by atoms with van der Waals surface area (Å²) in [5.41, 5.74) is 2.40. The molecular weight excluding hydrogens is 303 g/mol. The van der Waals surface area contributed by atoms with Crippen LogP contribution < -0.4 is 10.6 Å². The van der Waals surface area contributed by atoms with E-state index in [0.717, 1.165) is 5.08 Å². The average Bonchev–Trinajstić information content (AvgIpc) is 2.41. The number of hydrogen-bond donors (Lipinski definition) is 2. The summed E-state index contributed by atoms with van der Waals surface area (Å²) in [5, 5.41) is 6.72. The van der Waals surface area contributed by atoms with Gasteiger partial charge in [-0.15, -0.1) is 23.5 Å². The molecule has 0 aromatic carbocycles. The number of ketones is 1. The average molecular weight is 320 g/mol. The number of hydrogen-bond acceptors (Lipinski definition) is 5. The van der Waals surface area contributed by atoms with Crippen LogP contribution in [0.2, 0.25) is 0 Å². The second-order valence-corrected chi connectivity index (χ2v) is 9.04. The van der Waals surface area contributed by atoms with E-state index >= 15 is 0 Å². The van der Waals surface area contributed by atoms with Crippen LogP contribution in [0.1, 0.15) is 13.3 Å². The zero-order valence-electron chi connectivity index (χ0n) is 10.6. The van der Waals surface area contributed by atoms with Gasteiger partial charge in [-0.2, -0.15) is 5.20 Å². The fraction of sp³-hybridized carbons (Fsp3) is 0.455. The molecule has 8 heteroatoms. The molecule has 0 radical (unpaired) electrons. The molecule has 1 heterocycles. The number of carbonyl (C=O) groups is 2. The Kier molecular flexibility index (Phi) is 7.53. The minimum Gasteiger partial charge on any atom is -0.305 e. The standard InChI is InChI=1S/C11H17N2O3PS2/c1-2-17(16)6-3-10(14)4-7-18-9-19-8-5-11(15)12-13-17/h4-5,7-8H,2-3,6,9H2,1H3,(H,12,15)(H,13,16). The van der Waals surface area contributed by atoms with Gasteiger partial charge in [-0.25, -0.2) is 0 Å². The van der Waals surface area contributed by atoms with Gasteiger partial charge in [0.15, 0.2) is 13.1 Å². The van der Waals surface area contributed by atoms with Crippen LogP contribution in [-0.2, 0) is 14.2 Å². The summed E-state index contributed by atoms with van der Waals surface area (Å²) in [4.78, 5) is 23.0. The molecule has 0 aliphatic carbocycles. The molecule has 1 aliphatic heterocycles. The number of carbonyl (C=O) groups excluding carboxylic acids is 2. The molecule has 5 nitrogen and oxygen atoms in total. The third-order valence-corrected chi connectivity index (χ3v) is 6.65. The lowest BCUT2D eigenvalue weighted by Crippen LogP contribution is -2.35. The highest BCUT2D eigenvalue weighted by Gasteiger charge is 2.20. The van der Waals surface area contributed by atoms with Crippen molar-refractivity contribution in [2.75, 3.05) is 17.4 Å². The van der Waals surface area contributed by atoms with Gasteiger partial charge in [0.1, 0.15) is 0 Å². The Balaban J connectivity index is 2.71. The first-order valence-corrected chi connectivity index (χ1v) is 9.98. The Labute approximate surface area is 121 Å². The van der Waals surface area contributed by atoms with E-state index in [-0.39, 0.29) is 24.3 Å². The second kappa shape index (κ2) is 8.64. The van der Waals surface area contributed by atoms with Crippen LogP contribution in [0.25, 0.3) is 0 Å². The van der Waals surface area contributed by atoms with Gasteiger partial charge in [-0.1, -0.05) is 6.92 Å². The Morgan fingerprint density at radius 2 is 1.95 bits per heavy atom. The molecule has 1 unspecified atom stereocenters. The normalized spacial score (nSPS) is 26.8. The smallest absolute Gasteiger partial charge is 0.258 e. The van der Waals surface area contributed by atoms with Gasteiger partial charge in [0, 0.05) is 29.9 Å². The highest BCUT2D eigenvalue weighted by atomic mass is 32.2. The summed E-state index contributed by atoms with van der Waals surface area (Å²) in [6.07, 6.45) is 3.75. The first-order valence-electron chi connectivity index (χ1n) is 5.80. The summed E-state index contributed by atoms with van der Waals surface area (Å²) < 4.78 is 12.3. The van der Waals surface area contributed by atoms with Gasteiger partial charge in [0.05, 0.1) is 0 Å². The summed E-state index contributed by atoms with van der Waals surface area (Å²) in [7, 11) is -2.73. The van der Waals surface area contributed by atoms with Crippen molar-refractivity contribution in [1.82, 2.24) is 10.6 Å². The van der Waals surface area contributed by atoms with Crippen LogP contribution in [-0.4, -0.2) is 29.1 Å². The van der Waals surface area contributed by atoms with E-state index in [1.54, 1.807) is 17.7 Å². The van der Waals surface area contributed by atoms with Gasteiger partial charge < -0.3 is 4.57 Å². The zero-order chi connectivity index (χ0) is 14.1. The molecule has 19 heavy (non-hydrogen) atoms. The lowest BCUT2D eigenvalue weighted by molar-refractivity contribution is -0.117. The third kappa shape index (κ3) is 7.01. The van der Waals surface area contributed by atoms with E-state index in [1.807, 2.05) is 0 Å². The Morgan fingerprint density at radius 1 is 1.26 bits per heavy atom.